The second-order valence-corrected chi connectivity index (χ2v) is 4.28. The Morgan fingerprint density at radius 1 is 1.06 bits per heavy atom. The van der Waals surface area contributed by atoms with Gasteiger partial charge in [-0.2, -0.15) is 0 Å². The average Bonchev–Trinajstić information content (AvgIpc) is 2.36. The third-order valence-electron chi connectivity index (χ3n) is 3.18. The third-order valence-corrected chi connectivity index (χ3v) is 3.18. The van der Waals surface area contributed by atoms with Crippen LogP contribution in [0.2, 0.25) is 0 Å². The first kappa shape index (κ1) is 13.4. The molecule has 0 saturated carbocycles. The minimum absolute atomic E-state index is 0.00430. The molecule has 0 heterocycles. The number of ether oxygens (including phenoxy) is 1. The predicted molar refractivity (Wildman–Crippen MR) is 66.3 cm³/mol. The Labute approximate surface area is 102 Å². The maximum Gasteiger partial charge on any atom is 0.166 e. The highest BCUT2D eigenvalue weighted by molar-refractivity contribution is 6.00. The molecule has 0 amide bonds. The van der Waals surface area contributed by atoms with E-state index in [1.165, 1.54) is 6.92 Å². The van der Waals surface area contributed by atoms with Crippen LogP contribution in [0.3, 0.4) is 0 Å². The Bertz CT molecular complexity index is 406. The second-order valence-electron chi connectivity index (χ2n) is 4.28. The van der Waals surface area contributed by atoms with Crippen LogP contribution in [0.5, 0.6) is 5.75 Å². The molecule has 0 aromatic heterocycles. The lowest BCUT2D eigenvalue weighted by atomic mass is 9.86. The lowest BCUT2D eigenvalue weighted by molar-refractivity contribution is -0.121. The number of hydrogen-bond donors (Lipinski definition) is 0. The van der Waals surface area contributed by atoms with Gasteiger partial charge >= 0.3 is 0 Å². The average molecular weight is 234 g/mol. The quantitative estimate of drug-likeness (QED) is 0.736. The number of carbonyl (C=O) groups excluding carboxylic acids is 2. The fourth-order valence-electron chi connectivity index (χ4n) is 1.60. The van der Waals surface area contributed by atoms with Gasteiger partial charge in [-0.1, -0.05) is 13.8 Å². The largest absolute Gasteiger partial charge is 0.497 e. The SMILES string of the molecule is COc1ccc(C(=O)[C@@H](C)[C@H](C)C(C)=O)cc1. The van der Waals surface area contributed by atoms with Gasteiger partial charge in [0, 0.05) is 17.4 Å². The summed E-state index contributed by atoms with van der Waals surface area (Å²) in [5.41, 5.74) is 0.617. The van der Waals surface area contributed by atoms with E-state index in [1.54, 1.807) is 45.2 Å². The summed E-state index contributed by atoms with van der Waals surface area (Å²) in [4.78, 5) is 23.3. The highest BCUT2D eigenvalue weighted by Gasteiger charge is 2.24. The van der Waals surface area contributed by atoms with Crippen molar-refractivity contribution in [3.63, 3.8) is 0 Å². The summed E-state index contributed by atoms with van der Waals surface area (Å²) < 4.78 is 5.03. The minimum atomic E-state index is -0.291. The van der Waals surface area contributed by atoms with E-state index in [9.17, 15) is 9.59 Å². The highest BCUT2D eigenvalue weighted by atomic mass is 16.5. The van der Waals surface area contributed by atoms with E-state index >= 15 is 0 Å². The summed E-state index contributed by atoms with van der Waals surface area (Å²) in [5, 5.41) is 0. The standard InChI is InChI=1S/C14H18O3/c1-9(11(3)15)10(2)14(16)12-5-7-13(17-4)8-6-12/h5-10H,1-4H3/t9-,10-/m0/s1. The molecule has 0 aliphatic carbocycles. The van der Waals surface area contributed by atoms with Crippen LogP contribution in [0.25, 0.3) is 0 Å². The number of benzene rings is 1. The maximum atomic E-state index is 12.1. The fourth-order valence-corrected chi connectivity index (χ4v) is 1.60. The molecule has 1 aromatic carbocycles. The molecule has 0 bridgehead atoms. The summed E-state index contributed by atoms with van der Waals surface area (Å²) in [6, 6.07) is 6.95. The van der Waals surface area contributed by atoms with Gasteiger partial charge in [0.2, 0.25) is 0 Å². The number of Topliss-reactive ketones (excluding diaryl/α,β-unsaturated/α-hetero) is 2. The van der Waals surface area contributed by atoms with Gasteiger partial charge in [0.25, 0.3) is 0 Å². The summed E-state index contributed by atoms with van der Waals surface area (Å²) in [6.07, 6.45) is 0. The van der Waals surface area contributed by atoms with Crippen molar-refractivity contribution in [2.45, 2.75) is 20.8 Å². The summed E-state index contributed by atoms with van der Waals surface area (Å²) in [6.45, 7) is 5.09. The molecule has 0 radical (unpaired) electrons. The molecule has 1 rings (SSSR count). The zero-order chi connectivity index (χ0) is 13.0. The molecular weight excluding hydrogens is 216 g/mol. The van der Waals surface area contributed by atoms with E-state index < -0.39 is 0 Å². The van der Waals surface area contributed by atoms with Crippen molar-refractivity contribution in [2.24, 2.45) is 11.8 Å². The summed E-state index contributed by atoms with van der Waals surface area (Å²) in [5.74, 6) is 0.217. The molecule has 0 fully saturated rings. The van der Waals surface area contributed by atoms with Crippen LogP contribution >= 0.6 is 0 Å². The van der Waals surface area contributed by atoms with Crippen molar-refractivity contribution in [2.75, 3.05) is 7.11 Å². The van der Waals surface area contributed by atoms with Gasteiger partial charge in [-0.25, -0.2) is 0 Å². The van der Waals surface area contributed by atoms with Gasteiger partial charge in [-0.15, -0.1) is 0 Å². The monoisotopic (exact) mass is 234 g/mol. The van der Waals surface area contributed by atoms with Crippen LogP contribution in [0.1, 0.15) is 31.1 Å². The number of carbonyl (C=O) groups is 2. The van der Waals surface area contributed by atoms with Gasteiger partial charge < -0.3 is 4.74 Å². The summed E-state index contributed by atoms with van der Waals surface area (Å²) in [7, 11) is 1.58. The molecule has 1 aromatic rings. The van der Waals surface area contributed by atoms with Gasteiger partial charge in [0.05, 0.1) is 7.11 Å². The second kappa shape index (κ2) is 5.62. The van der Waals surface area contributed by atoms with Crippen molar-refractivity contribution >= 4 is 11.6 Å². The lowest BCUT2D eigenvalue weighted by Crippen LogP contribution is -2.24. The lowest BCUT2D eigenvalue weighted by Gasteiger charge is -2.16. The molecule has 3 heteroatoms. The topological polar surface area (TPSA) is 43.4 Å². The van der Waals surface area contributed by atoms with Crippen LogP contribution in [-0.2, 0) is 4.79 Å². The van der Waals surface area contributed by atoms with Crippen LogP contribution in [-0.4, -0.2) is 18.7 Å². The molecule has 0 aliphatic rings. The van der Waals surface area contributed by atoms with Crippen LogP contribution in [0.15, 0.2) is 24.3 Å². The molecule has 0 unspecified atom stereocenters. The Morgan fingerprint density at radius 3 is 2.00 bits per heavy atom. The van der Waals surface area contributed by atoms with Crippen molar-refractivity contribution in [1.29, 1.82) is 0 Å². The van der Waals surface area contributed by atoms with Gasteiger partial charge in [-0.05, 0) is 31.2 Å². The molecule has 92 valence electrons. The first-order valence-corrected chi connectivity index (χ1v) is 5.66. The van der Waals surface area contributed by atoms with E-state index in [1.807, 2.05) is 0 Å². The zero-order valence-corrected chi connectivity index (χ0v) is 10.7. The van der Waals surface area contributed by atoms with E-state index in [0.29, 0.717) is 11.3 Å². The van der Waals surface area contributed by atoms with Crippen molar-refractivity contribution in [3.05, 3.63) is 29.8 Å². The number of hydrogen-bond acceptors (Lipinski definition) is 3. The first-order chi connectivity index (χ1) is 7.97. The molecule has 0 spiro atoms. The minimum Gasteiger partial charge on any atom is -0.497 e. The fraction of sp³-hybridized carbons (Fsp3) is 0.429. The molecule has 0 N–H and O–H groups in total. The first-order valence-electron chi connectivity index (χ1n) is 5.66. The Hall–Kier alpha value is -1.64. The van der Waals surface area contributed by atoms with E-state index in [-0.39, 0.29) is 23.4 Å². The highest BCUT2D eigenvalue weighted by Crippen LogP contribution is 2.20. The molecule has 2 atom stereocenters. The zero-order valence-electron chi connectivity index (χ0n) is 10.7. The van der Waals surface area contributed by atoms with Crippen LogP contribution in [0.4, 0.5) is 0 Å². The van der Waals surface area contributed by atoms with Crippen molar-refractivity contribution in [3.8, 4) is 5.75 Å². The van der Waals surface area contributed by atoms with E-state index in [4.69, 9.17) is 4.74 Å². The Balaban J connectivity index is 2.85. The predicted octanol–water partition coefficient (Wildman–Crippen LogP) is 2.74. The van der Waals surface area contributed by atoms with E-state index in [0.717, 1.165) is 0 Å². The van der Waals surface area contributed by atoms with Crippen LogP contribution < -0.4 is 4.74 Å². The van der Waals surface area contributed by atoms with Gasteiger partial charge in [-0.3, -0.25) is 9.59 Å². The Morgan fingerprint density at radius 2 is 1.59 bits per heavy atom. The molecule has 0 saturated heterocycles. The molecular formula is C14H18O3. The number of ketones is 2. The molecule has 3 nitrogen and oxygen atoms in total. The third kappa shape index (κ3) is 3.16. The van der Waals surface area contributed by atoms with Crippen LogP contribution in [0, 0.1) is 11.8 Å². The Kier molecular flexibility index (Phi) is 4.44. The maximum absolute atomic E-state index is 12.1. The van der Waals surface area contributed by atoms with Crippen molar-refractivity contribution < 1.29 is 14.3 Å². The number of rotatable bonds is 5. The number of methoxy groups -OCH3 is 1. The molecule has 17 heavy (non-hydrogen) atoms. The van der Waals surface area contributed by atoms with Gasteiger partial charge in [0.1, 0.15) is 11.5 Å². The molecule has 0 aliphatic heterocycles. The smallest absolute Gasteiger partial charge is 0.166 e. The summed E-state index contributed by atoms with van der Waals surface area (Å²) >= 11 is 0. The normalized spacial score (nSPS) is 13.9. The van der Waals surface area contributed by atoms with E-state index in [2.05, 4.69) is 0 Å². The van der Waals surface area contributed by atoms with Gasteiger partial charge in [0.15, 0.2) is 5.78 Å². The van der Waals surface area contributed by atoms with Crippen molar-refractivity contribution in [1.82, 2.24) is 0 Å².